The molecule has 1 fully saturated rings. The fourth-order valence-corrected chi connectivity index (χ4v) is 5.28. The summed E-state index contributed by atoms with van der Waals surface area (Å²) in [6.45, 7) is 6.52. The minimum absolute atomic E-state index is 0.0786. The van der Waals surface area contributed by atoms with E-state index in [1.54, 1.807) is 36.6 Å². The first-order chi connectivity index (χ1) is 19.0. The Labute approximate surface area is 235 Å². The molecule has 4 unspecified atom stereocenters. The maximum absolute atomic E-state index is 13.7. The molecule has 1 aliphatic heterocycles. The summed E-state index contributed by atoms with van der Waals surface area (Å²) in [7, 11) is 1.56. The summed E-state index contributed by atoms with van der Waals surface area (Å²) < 4.78 is 40.6. The summed E-state index contributed by atoms with van der Waals surface area (Å²) in [5, 5.41) is 4.88. The van der Waals surface area contributed by atoms with Crippen molar-refractivity contribution in [2.75, 3.05) is 6.54 Å². The van der Waals surface area contributed by atoms with Gasteiger partial charge >= 0.3 is 12.1 Å². The second-order valence-electron chi connectivity index (χ2n) is 11.5. The van der Waals surface area contributed by atoms with Crippen LogP contribution in [-0.2, 0) is 26.2 Å². The Morgan fingerprint density at radius 3 is 2.29 bits per heavy atom. The number of likely N-dealkylation sites (tertiary alicyclic amines) is 1. The molecular weight excluding hydrogens is 543 g/mol. The molecule has 2 heterocycles. The molecule has 0 bridgehead atoms. The van der Waals surface area contributed by atoms with E-state index in [9.17, 15) is 37.1 Å². The highest BCUT2D eigenvalue weighted by Crippen LogP contribution is 2.32. The zero-order valence-electron chi connectivity index (χ0n) is 23.7. The Bertz CT molecular complexity index is 1400. The third kappa shape index (κ3) is 6.88. The van der Waals surface area contributed by atoms with E-state index < -0.39 is 58.9 Å². The first-order valence-electron chi connectivity index (χ1n) is 13.3. The topological polar surface area (TPSA) is 144 Å². The van der Waals surface area contributed by atoms with Gasteiger partial charge in [-0.05, 0) is 35.8 Å². The van der Waals surface area contributed by atoms with Crippen molar-refractivity contribution in [3.05, 3.63) is 46.2 Å². The minimum atomic E-state index is -5.21. The summed E-state index contributed by atoms with van der Waals surface area (Å²) in [5.74, 6) is -4.94. The molecule has 0 saturated carbocycles. The van der Waals surface area contributed by atoms with Crippen LogP contribution in [0.25, 0.3) is 10.9 Å². The molecule has 1 aromatic carbocycles. The number of nitrogens with two attached hydrogens (primary N) is 1. The van der Waals surface area contributed by atoms with Crippen LogP contribution in [0.4, 0.5) is 13.2 Å². The van der Waals surface area contributed by atoms with Gasteiger partial charge in [0.2, 0.25) is 17.7 Å². The van der Waals surface area contributed by atoms with Gasteiger partial charge in [0.05, 0.1) is 5.52 Å². The monoisotopic (exact) mass is 579 g/mol. The van der Waals surface area contributed by atoms with Crippen LogP contribution in [0.3, 0.4) is 0 Å². The van der Waals surface area contributed by atoms with E-state index in [1.807, 2.05) is 6.92 Å². The van der Waals surface area contributed by atoms with Gasteiger partial charge in [-0.15, -0.1) is 0 Å². The van der Waals surface area contributed by atoms with Crippen molar-refractivity contribution in [2.24, 2.45) is 24.1 Å². The average Bonchev–Trinajstić information content (AvgIpc) is 3.30. The van der Waals surface area contributed by atoms with Gasteiger partial charge in [-0.1, -0.05) is 52.3 Å². The predicted octanol–water partition coefficient (Wildman–Crippen LogP) is 2.29. The van der Waals surface area contributed by atoms with Gasteiger partial charge in [0.1, 0.15) is 18.1 Å². The number of carbonyl (C=O) groups is 4. The molecule has 0 radical (unpaired) electrons. The highest BCUT2D eigenvalue weighted by atomic mass is 19.4. The number of alkyl halides is 3. The van der Waals surface area contributed by atoms with E-state index in [1.165, 1.54) is 36.3 Å². The summed E-state index contributed by atoms with van der Waals surface area (Å²) in [5.41, 5.74) is 4.79. The quantitative estimate of drug-likeness (QED) is 0.440. The van der Waals surface area contributed by atoms with Crippen LogP contribution < -0.4 is 21.9 Å². The zero-order chi connectivity index (χ0) is 30.9. The number of amides is 4. The van der Waals surface area contributed by atoms with Crippen LogP contribution in [0, 0.1) is 11.3 Å². The zero-order valence-corrected chi connectivity index (χ0v) is 23.7. The number of pyridine rings is 1. The number of benzene rings is 1. The Kier molecular flexibility index (Phi) is 9.19. The molecule has 0 spiro atoms. The summed E-state index contributed by atoms with van der Waals surface area (Å²) in [6.07, 6.45) is -3.64. The minimum Gasteiger partial charge on any atom is -0.368 e. The van der Waals surface area contributed by atoms with E-state index in [-0.39, 0.29) is 24.4 Å². The smallest absolute Gasteiger partial charge is 0.368 e. The number of nitrogens with one attached hydrogen (secondary N) is 2. The van der Waals surface area contributed by atoms with E-state index >= 15 is 0 Å². The van der Waals surface area contributed by atoms with Crippen LogP contribution in [0.1, 0.15) is 58.6 Å². The number of fused-ring (bicyclic) bond motifs is 1. The Morgan fingerprint density at radius 1 is 1.10 bits per heavy atom. The fraction of sp³-hybridized carbons (Fsp3) is 0.536. The SMILES string of the molecule is CCCC1CC(C(=O)NC(C(N)=O)c2cc(=O)n(C)c3ccccc23)N(C(=O)C(NC(=O)C(F)(F)F)C(C)(C)C)C1. The van der Waals surface area contributed by atoms with E-state index in [0.29, 0.717) is 17.3 Å². The fourth-order valence-electron chi connectivity index (χ4n) is 5.28. The molecule has 2 aromatic rings. The number of hydrogen-bond acceptors (Lipinski definition) is 5. The molecule has 10 nitrogen and oxygen atoms in total. The van der Waals surface area contributed by atoms with Gasteiger partial charge in [-0.2, -0.15) is 13.2 Å². The van der Waals surface area contributed by atoms with Gasteiger partial charge in [0.25, 0.3) is 5.56 Å². The van der Waals surface area contributed by atoms with E-state index in [4.69, 9.17) is 5.73 Å². The number of hydrogen-bond donors (Lipinski definition) is 3. The number of carbonyl (C=O) groups excluding carboxylic acids is 4. The highest BCUT2D eigenvalue weighted by Gasteiger charge is 2.48. The van der Waals surface area contributed by atoms with Gasteiger partial charge < -0.3 is 25.8 Å². The van der Waals surface area contributed by atoms with Crippen molar-refractivity contribution in [2.45, 2.75) is 71.3 Å². The maximum Gasteiger partial charge on any atom is 0.471 e. The highest BCUT2D eigenvalue weighted by molar-refractivity contribution is 5.97. The second-order valence-corrected chi connectivity index (χ2v) is 11.5. The summed E-state index contributed by atoms with van der Waals surface area (Å²) >= 11 is 0. The van der Waals surface area contributed by atoms with Crippen molar-refractivity contribution in [1.82, 2.24) is 20.1 Å². The lowest BCUT2D eigenvalue weighted by atomic mass is 9.85. The molecule has 4 N–H and O–H groups in total. The lowest BCUT2D eigenvalue weighted by molar-refractivity contribution is -0.176. The lowest BCUT2D eigenvalue weighted by Gasteiger charge is -2.35. The average molecular weight is 580 g/mol. The van der Waals surface area contributed by atoms with Crippen LogP contribution in [-0.4, -0.2) is 57.9 Å². The molecule has 1 aliphatic rings. The molecule has 4 amide bonds. The molecule has 13 heteroatoms. The Morgan fingerprint density at radius 2 is 1.73 bits per heavy atom. The third-order valence-electron chi connectivity index (χ3n) is 7.38. The molecule has 1 saturated heterocycles. The summed E-state index contributed by atoms with van der Waals surface area (Å²) in [4.78, 5) is 65.6. The van der Waals surface area contributed by atoms with Gasteiger partial charge in [-0.25, -0.2) is 0 Å². The largest absolute Gasteiger partial charge is 0.471 e. The summed E-state index contributed by atoms with van der Waals surface area (Å²) in [6, 6.07) is 3.81. The van der Waals surface area contributed by atoms with Crippen molar-refractivity contribution in [1.29, 1.82) is 0 Å². The molecule has 3 rings (SSSR count). The molecule has 224 valence electrons. The van der Waals surface area contributed by atoms with Crippen molar-refractivity contribution in [3.8, 4) is 0 Å². The standard InChI is InChI=1S/C28H36F3N5O5/c1-6-9-15-12-19(36(14-15)25(40)22(27(2,3)4)34-26(41)28(29,30)31)24(39)33-21(23(32)38)17-13-20(37)35(5)18-11-8-7-10-16(17)18/h7-8,10-11,13,15,19,21-22H,6,9,12,14H2,1-5H3,(H2,32,38)(H,33,39)(H,34,41). The number of para-hydroxylation sites is 1. The van der Waals surface area contributed by atoms with Crippen LogP contribution >= 0.6 is 0 Å². The molecule has 1 aromatic heterocycles. The van der Waals surface area contributed by atoms with Crippen molar-refractivity contribution < 1.29 is 32.3 Å². The number of aryl methyl sites for hydroxylation is 1. The van der Waals surface area contributed by atoms with Gasteiger partial charge in [0.15, 0.2) is 0 Å². The molecule has 4 atom stereocenters. The van der Waals surface area contributed by atoms with Crippen molar-refractivity contribution >= 4 is 34.5 Å². The normalized spacial score (nSPS) is 19.1. The Hall–Kier alpha value is -3.90. The maximum atomic E-state index is 13.7. The first kappa shape index (κ1) is 31.6. The van der Waals surface area contributed by atoms with Gasteiger partial charge in [-0.3, -0.25) is 24.0 Å². The number of halogens is 3. The number of aromatic nitrogens is 1. The van der Waals surface area contributed by atoms with Crippen LogP contribution in [0.15, 0.2) is 35.1 Å². The van der Waals surface area contributed by atoms with Crippen molar-refractivity contribution in [3.63, 3.8) is 0 Å². The van der Waals surface area contributed by atoms with Gasteiger partial charge in [0, 0.05) is 25.0 Å². The molecule has 41 heavy (non-hydrogen) atoms. The number of primary amides is 1. The second kappa shape index (κ2) is 11.9. The number of rotatable bonds is 8. The van der Waals surface area contributed by atoms with E-state index in [0.717, 1.165) is 6.42 Å². The predicted molar refractivity (Wildman–Crippen MR) is 145 cm³/mol. The van der Waals surface area contributed by atoms with Crippen LogP contribution in [0.5, 0.6) is 0 Å². The first-order valence-corrected chi connectivity index (χ1v) is 13.3. The molecular formula is C28H36F3N5O5. The Balaban J connectivity index is 1.99. The third-order valence-corrected chi connectivity index (χ3v) is 7.38. The lowest BCUT2D eigenvalue weighted by Crippen LogP contribution is -2.59. The van der Waals surface area contributed by atoms with E-state index in [2.05, 4.69) is 5.32 Å². The van der Waals surface area contributed by atoms with Crippen LogP contribution in [0.2, 0.25) is 0 Å². The number of nitrogens with zero attached hydrogens (tertiary/aromatic N) is 2. The molecule has 0 aliphatic carbocycles.